The summed E-state index contributed by atoms with van der Waals surface area (Å²) in [6.07, 6.45) is 0. The van der Waals surface area contributed by atoms with E-state index in [1.165, 1.54) is 12.1 Å². The molecule has 7 nitrogen and oxygen atoms in total. The Kier molecular flexibility index (Phi) is 5.04. The maximum atomic E-state index is 14.2. The number of aryl methyl sites for hydroxylation is 1. The van der Waals surface area contributed by atoms with E-state index < -0.39 is 47.4 Å². The van der Waals surface area contributed by atoms with Crippen molar-refractivity contribution >= 4 is 19.7 Å². The Morgan fingerprint density at radius 3 is 2.66 bits per heavy atom. The lowest BCUT2D eigenvalue weighted by atomic mass is 10.2. The zero-order chi connectivity index (χ0) is 20.8. The molecule has 4 rings (SSSR count). The lowest BCUT2D eigenvalue weighted by Gasteiger charge is -2.20. The number of fused-ring (bicyclic) bond motifs is 1. The maximum Gasteiger partial charge on any atom is 0.231 e. The fourth-order valence-electron chi connectivity index (χ4n) is 3.60. The monoisotopic (exact) mass is 441 g/mol. The molecule has 1 N–H and O–H groups in total. The molecular formula is C19H20FNO6S2. The Morgan fingerprint density at radius 2 is 1.86 bits per heavy atom. The van der Waals surface area contributed by atoms with Crippen LogP contribution in [0.15, 0.2) is 41.3 Å². The van der Waals surface area contributed by atoms with Crippen molar-refractivity contribution in [3.05, 3.63) is 53.3 Å². The van der Waals surface area contributed by atoms with Crippen LogP contribution < -0.4 is 14.8 Å². The minimum Gasteiger partial charge on any atom is -0.454 e. The van der Waals surface area contributed by atoms with Crippen LogP contribution in [0.5, 0.6) is 11.5 Å². The Balaban J connectivity index is 1.59. The van der Waals surface area contributed by atoms with Crippen LogP contribution in [0.3, 0.4) is 0 Å². The van der Waals surface area contributed by atoms with Gasteiger partial charge in [0.25, 0.3) is 0 Å². The lowest BCUT2D eigenvalue weighted by Crippen LogP contribution is -2.43. The van der Waals surface area contributed by atoms with Gasteiger partial charge in [-0.3, -0.25) is 0 Å². The average Bonchev–Trinajstić information content (AvgIpc) is 3.25. The van der Waals surface area contributed by atoms with Crippen LogP contribution >= 0.6 is 0 Å². The summed E-state index contributed by atoms with van der Waals surface area (Å²) in [5, 5.41) is 1.76. The van der Waals surface area contributed by atoms with E-state index in [-0.39, 0.29) is 19.1 Å². The van der Waals surface area contributed by atoms with Crippen molar-refractivity contribution in [1.29, 1.82) is 0 Å². The molecule has 2 aliphatic rings. The molecule has 2 heterocycles. The minimum atomic E-state index is -4.19. The van der Waals surface area contributed by atoms with Gasteiger partial charge in [0, 0.05) is 12.6 Å². The molecule has 0 amide bonds. The van der Waals surface area contributed by atoms with Crippen LogP contribution in [-0.2, 0) is 26.2 Å². The van der Waals surface area contributed by atoms with Gasteiger partial charge < -0.3 is 14.8 Å². The summed E-state index contributed by atoms with van der Waals surface area (Å²) >= 11 is 0. The van der Waals surface area contributed by atoms with Gasteiger partial charge in [0.1, 0.15) is 10.7 Å². The smallest absolute Gasteiger partial charge is 0.231 e. The first-order chi connectivity index (χ1) is 13.7. The molecule has 2 aromatic carbocycles. The zero-order valence-electron chi connectivity index (χ0n) is 15.6. The van der Waals surface area contributed by atoms with Crippen molar-refractivity contribution in [2.24, 2.45) is 0 Å². The minimum absolute atomic E-state index is 0.134. The SMILES string of the molecule is Cc1ccc(F)c(S(=O)(=O)[C@H]2CS(=O)(=O)C[C@@H]2NCc2ccc3c(c2)OCO3)c1. The van der Waals surface area contributed by atoms with Crippen LogP contribution in [0.25, 0.3) is 0 Å². The van der Waals surface area contributed by atoms with Gasteiger partial charge in [0.05, 0.1) is 16.8 Å². The normalized spacial score (nSPS) is 22.7. The van der Waals surface area contributed by atoms with Crippen LogP contribution in [0.4, 0.5) is 4.39 Å². The third-order valence-electron chi connectivity index (χ3n) is 5.10. The van der Waals surface area contributed by atoms with Gasteiger partial charge in [-0.2, -0.15) is 0 Å². The van der Waals surface area contributed by atoms with Gasteiger partial charge in [0.2, 0.25) is 6.79 Å². The van der Waals surface area contributed by atoms with Crippen molar-refractivity contribution in [3.63, 3.8) is 0 Å². The molecule has 29 heavy (non-hydrogen) atoms. The standard InChI is InChI=1S/C19H20FNO6S2/c1-12-2-4-14(20)18(6-12)29(24,25)19-10-28(22,23)9-15(19)21-8-13-3-5-16-17(7-13)27-11-26-16/h2-7,15,19,21H,8-11H2,1H3/t15-,19-/m0/s1. The van der Waals surface area contributed by atoms with Crippen molar-refractivity contribution < 1.29 is 30.7 Å². The molecule has 156 valence electrons. The Labute approximate surface area is 168 Å². The van der Waals surface area contributed by atoms with Crippen LogP contribution in [0.2, 0.25) is 0 Å². The predicted molar refractivity (Wildman–Crippen MR) is 104 cm³/mol. The molecule has 1 fully saturated rings. The fourth-order valence-corrected chi connectivity index (χ4v) is 8.47. The number of halogens is 1. The summed E-state index contributed by atoms with van der Waals surface area (Å²) in [7, 11) is -7.77. The first-order valence-electron chi connectivity index (χ1n) is 8.98. The third-order valence-corrected chi connectivity index (χ3v) is 9.26. The number of benzene rings is 2. The summed E-state index contributed by atoms with van der Waals surface area (Å²) in [5.41, 5.74) is 1.37. The van der Waals surface area contributed by atoms with Crippen LogP contribution in [-0.4, -0.2) is 46.4 Å². The van der Waals surface area contributed by atoms with E-state index in [4.69, 9.17) is 9.47 Å². The van der Waals surface area contributed by atoms with E-state index in [0.29, 0.717) is 17.1 Å². The molecule has 0 bridgehead atoms. The van der Waals surface area contributed by atoms with E-state index in [1.807, 2.05) is 0 Å². The molecule has 1 saturated heterocycles. The number of hydrogen-bond acceptors (Lipinski definition) is 7. The highest BCUT2D eigenvalue weighted by Crippen LogP contribution is 2.33. The van der Waals surface area contributed by atoms with Crippen molar-refractivity contribution in [3.8, 4) is 11.5 Å². The molecule has 2 aliphatic heterocycles. The first kappa shape index (κ1) is 20.1. The molecule has 2 aromatic rings. The Bertz CT molecular complexity index is 1160. The summed E-state index contributed by atoms with van der Waals surface area (Å²) < 4.78 is 75.4. The highest BCUT2D eigenvalue weighted by atomic mass is 32.2. The molecule has 10 heteroatoms. The molecule has 0 aliphatic carbocycles. The average molecular weight is 442 g/mol. The summed E-state index contributed by atoms with van der Waals surface area (Å²) in [5.74, 6) is -0.549. The molecular weight excluding hydrogens is 421 g/mol. The summed E-state index contributed by atoms with van der Waals surface area (Å²) in [6, 6.07) is 8.22. The second kappa shape index (κ2) is 7.26. The third kappa shape index (κ3) is 3.96. The first-order valence-corrected chi connectivity index (χ1v) is 12.3. The predicted octanol–water partition coefficient (Wildman–Crippen LogP) is 1.59. The van der Waals surface area contributed by atoms with E-state index >= 15 is 0 Å². The topological polar surface area (TPSA) is 98.8 Å². The summed E-state index contributed by atoms with van der Waals surface area (Å²) in [6.45, 7) is 2.02. The van der Waals surface area contributed by atoms with E-state index in [2.05, 4.69) is 5.32 Å². The van der Waals surface area contributed by atoms with Gasteiger partial charge in [-0.1, -0.05) is 12.1 Å². The Hall–Kier alpha value is -2.17. The van der Waals surface area contributed by atoms with Gasteiger partial charge in [-0.05, 0) is 42.3 Å². The lowest BCUT2D eigenvalue weighted by molar-refractivity contribution is 0.174. The molecule has 2 atom stereocenters. The van der Waals surface area contributed by atoms with Crippen molar-refractivity contribution in [2.75, 3.05) is 18.3 Å². The van der Waals surface area contributed by atoms with Gasteiger partial charge >= 0.3 is 0 Å². The second-order valence-corrected chi connectivity index (χ2v) is 11.6. The van der Waals surface area contributed by atoms with Crippen molar-refractivity contribution in [2.45, 2.75) is 29.7 Å². The van der Waals surface area contributed by atoms with E-state index in [1.54, 1.807) is 25.1 Å². The number of nitrogens with one attached hydrogen (secondary N) is 1. The largest absolute Gasteiger partial charge is 0.454 e. The maximum absolute atomic E-state index is 14.2. The van der Waals surface area contributed by atoms with Gasteiger partial charge in [-0.25, -0.2) is 21.2 Å². The number of ether oxygens (including phenoxy) is 2. The quantitative estimate of drug-likeness (QED) is 0.752. The molecule has 0 aromatic heterocycles. The molecule has 0 saturated carbocycles. The molecule has 0 spiro atoms. The van der Waals surface area contributed by atoms with Crippen molar-refractivity contribution in [1.82, 2.24) is 5.32 Å². The highest BCUT2D eigenvalue weighted by molar-refractivity contribution is 7.96. The van der Waals surface area contributed by atoms with E-state index in [9.17, 15) is 21.2 Å². The molecule has 0 radical (unpaired) electrons. The summed E-state index contributed by atoms with van der Waals surface area (Å²) in [4.78, 5) is -0.463. The fraction of sp³-hybridized carbons (Fsp3) is 0.368. The van der Waals surface area contributed by atoms with Gasteiger partial charge in [-0.15, -0.1) is 0 Å². The zero-order valence-corrected chi connectivity index (χ0v) is 17.2. The van der Waals surface area contributed by atoms with Crippen LogP contribution in [0, 0.1) is 12.7 Å². The second-order valence-electron chi connectivity index (χ2n) is 7.27. The number of rotatable bonds is 5. The number of hydrogen-bond donors (Lipinski definition) is 1. The Morgan fingerprint density at radius 1 is 1.10 bits per heavy atom. The van der Waals surface area contributed by atoms with E-state index in [0.717, 1.165) is 11.6 Å². The highest BCUT2D eigenvalue weighted by Gasteiger charge is 2.46. The number of sulfone groups is 2. The molecule has 0 unspecified atom stereocenters. The van der Waals surface area contributed by atoms with Gasteiger partial charge in [0.15, 0.2) is 31.2 Å². The van der Waals surface area contributed by atoms with Crippen LogP contribution in [0.1, 0.15) is 11.1 Å².